The molecule has 0 aliphatic heterocycles. The fraction of sp³-hybridized carbons (Fsp3) is 0.211. The lowest BCUT2D eigenvalue weighted by molar-refractivity contribution is -0.115. The molecule has 1 amide bonds. The highest BCUT2D eigenvalue weighted by molar-refractivity contribution is 5.92. The number of anilines is 1. The number of nitrogens with zero attached hydrogens (tertiary/aromatic N) is 2. The Bertz CT molecular complexity index is 822. The molecule has 3 aromatic rings. The zero-order chi connectivity index (χ0) is 17.6. The number of hydrogen-bond donors (Lipinski definition) is 2. The fourth-order valence-corrected chi connectivity index (χ4v) is 2.48. The standard InChI is InChI=1S/C19H20N4O2/c1-13-18(14(2)23-22-13)10-19(24)21-16-5-7-17(8-6-16)25-12-15-4-3-9-20-11-15/h3-9,11H,10,12H2,1-2H3,(H,21,24)(H,22,23). The van der Waals surface area contributed by atoms with Crippen molar-refractivity contribution in [3.8, 4) is 5.75 Å². The summed E-state index contributed by atoms with van der Waals surface area (Å²) in [5.74, 6) is 0.667. The Morgan fingerprint density at radius 1 is 1.20 bits per heavy atom. The molecule has 0 spiro atoms. The minimum atomic E-state index is -0.0726. The summed E-state index contributed by atoms with van der Waals surface area (Å²) in [4.78, 5) is 16.2. The van der Waals surface area contributed by atoms with Gasteiger partial charge in [0.05, 0.1) is 12.1 Å². The minimum absolute atomic E-state index is 0.0726. The molecule has 0 saturated heterocycles. The van der Waals surface area contributed by atoms with Crippen LogP contribution in [0.5, 0.6) is 5.75 Å². The normalized spacial score (nSPS) is 10.5. The molecular weight excluding hydrogens is 316 g/mol. The average Bonchev–Trinajstić information content (AvgIpc) is 2.94. The van der Waals surface area contributed by atoms with Crippen molar-refractivity contribution in [2.75, 3.05) is 5.32 Å². The predicted molar refractivity (Wildman–Crippen MR) is 95.4 cm³/mol. The molecule has 2 heterocycles. The SMILES string of the molecule is Cc1n[nH]c(C)c1CC(=O)Nc1ccc(OCc2cccnc2)cc1. The summed E-state index contributed by atoms with van der Waals surface area (Å²) < 4.78 is 5.70. The van der Waals surface area contributed by atoms with E-state index in [1.807, 2.05) is 50.2 Å². The molecule has 1 aromatic carbocycles. The smallest absolute Gasteiger partial charge is 0.228 e. The Kier molecular flexibility index (Phi) is 5.09. The Morgan fingerprint density at radius 2 is 2.00 bits per heavy atom. The van der Waals surface area contributed by atoms with E-state index in [0.29, 0.717) is 13.0 Å². The van der Waals surface area contributed by atoms with Crippen LogP contribution in [0.3, 0.4) is 0 Å². The van der Waals surface area contributed by atoms with Crippen LogP contribution in [0.1, 0.15) is 22.5 Å². The van der Waals surface area contributed by atoms with Crippen molar-refractivity contribution < 1.29 is 9.53 Å². The van der Waals surface area contributed by atoms with Crippen LogP contribution in [0.2, 0.25) is 0 Å². The van der Waals surface area contributed by atoms with Gasteiger partial charge in [0.1, 0.15) is 12.4 Å². The van der Waals surface area contributed by atoms with Gasteiger partial charge in [-0.1, -0.05) is 6.07 Å². The molecule has 6 nitrogen and oxygen atoms in total. The Morgan fingerprint density at radius 3 is 2.64 bits per heavy atom. The number of aryl methyl sites for hydroxylation is 2. The third kappa shape index (κ3) is 4.44. The van der Waals surface area contributed by atoms with Gasteiger partial charge < -0.3 is 10.1 Å². The summed E-state index contributed by atoms with van der Waals surface area (Å²) in [5.41, 5.74) is 4.45. The van der Waals surface area contributed by atoms with E-state index in [4.69, 9.17) is 4.74 Å². The van der Waals surface area contributed by atoms with E-state index in [1.54, 1.807) is 12.4 Å². The topological polar surface area (TPSA) is 79.9 Å². The second-order valence-electron chi connectivity index (χ2n) is 5.81. The molecule has 6 heteroatoms. The molecule has 0 radical (unpaired) electrons. The van der Waals surface area contributed by atoms with Crippen molar-refractivity contribution in [3.05, 3.63) is 71.3 Å². The number of carbonyl (C=O) groups is 1. The van der Waals surface area contributed by atoms with E-state index in [9.17, 15) is 4.79 Å². The van der Waals surface area contributed by atoms with E-state index in [2.05, 4.69) is 20.5 Å². The lowest BCUT2D eigenvalue weighted by Crippen LogP contribution is -2.15. The first-order chi connectivity index (χ1) is 12.1. The number of pyridine rings is 1. The van der Waals surface area contributed by atoms with Gasteiger partial charge in [0.25, 0.3) is 0 Å². The number of benzene rings is 1. The maximum atomic E-state index is 12.2. The molecule has 0 atom stereocenters. The van der Waals surface area contributed by atoms with E-state index < -0.39 is 0 Å². The lowest BCUT2D eigenvalue weighted by Gasteiger charge is -2.08. The molecule has 0 saturated carbocycles. The predicted octanol–water partition coefficient (Wildman–Crippen LogP) is 3.18. The van der Waals surface area contributed by atoms with Gasteiger partial charge in [0, 0.05) is 34.9 Å². The first-order valence-electron chi connectivity index (χ1n) is 8.04. The van der Waals surface area contributed by atoms with Crippen LogP contribution in [0.15, 0.2) is 48.8 Å². The zero-order valence-electron chi connectivity index (χ0n) is 14.2. The van der Waals surface area contributed by atoms with E-state index in [1.165, 1.54) is 0 Å². The molecule has 3 rings (SSSR count). The van der Waals surface area contributed by atoms with Gasteiger partial charge in [-0.15, -0.1) is 0 Å². The Labute approximate surface area is 146 Å². The van der Waals surface area contributed by atoms with E-state index >= 15 is 0 Å². The van der Waals surface area contributed by atoms with Gasteiger partial charge in [-0.3, -0.25) is 14.9 Å². The van der Waals surface area contributed by atoms with E-state index in [0.717, 1.165) is 34.0 Å². The Hall–Kier alpha value is -3.15. The largest absolute Gasteiger partial charge is 0.489 e. The van der Waals surface area contributed by atoms with E-state index in [-0.39, 0.29) is 5.91 Å². The first kappa shape index (κ1) is 16.7. The van der Waals surface area contributed by atoms with Gasteiger partial charge >= 0.3 is 0 Å². The van der Waals surface area contributed by atoms with Crippen molar-refractivity contribution in [1.29, 1.82) is 0 Å². The maximum Gasteiger partial charge on any atom is 0.228 e. The number of ether oxygens (including phenoxy) is 1. The number of rotatable bonds is 6. The van der Waals surface area contributed by atoms with Gasteiger partial charge in [-0.05, 0) is 44.2 Å². The summed E-state index contributed by atoms with van der Waals surface area (Å²) in [6, 6.07) is 11.2. The van der Waals surface area contributed by atoms with Crippen molar-refractivity contribution in [1.82, 2.24) is 15.2 Å². The monoisotopic (exact) mass is 336 g/mol. The molecule has 25 heavy (non-hydrogen) atoms. The minimum Gasteiger partial charge on any atom is -0.489 e. The van der Waals surface area contributed by atoms with Crippen molar-refractivity contribution in [3.63, 3.8) is 0 Å². The molecule has 0 bridgehead atoms. The van der Waals surface area contributed by atoms with Crippen LogP contribution in [0, 0.1) is 13.8 Å². The lowest BCUT2D eigenvalue weighted by atomic mass is 10.1. The number of amides is 1. The van der Waals surface area contributed by atoms with Gasteiger partial charge in [-0.25, -0.2) is 0 Å². The molecule has 128 valence electrons. The van der Waals surface area contributed by atoms with Gasteiger partial charge in [0.15, 0.2) is 0 Å². The second kappa shape index (κ2) is 7.61. The highest BCUT2D eigenvalue weighted by atomic mass is 16.5. The van der Waals surface area contributed by atoms with Gasteiger partial charge in [0.2, 0.25) is 5.91 Å². The average molecular weight is 336 g/mol. The Balaban J connectivity index is 1.54. The summed E-state index contributed by atoms with van der Waals surface area (Å²) in [5, 5.41) is 9.89. The highest BCUT2D eigenvalue weighted by Gasteiger charge is 2.11. The summed E-state index contributed by atoms with van der Waals surface area (Å²) in [7, 11) is 0. The maximum absolute atomic E-state index is 12.2. The number of aromatic nitrogens is 3. The fourth-order valence-electron chi connectivity index (χ4n) is 2.48. The molecule has 0 aliphatic carbocycles. The number of H-pyrrole nitrogens is 1. The van der Waals surface area contributed by atoms with Crippen LogP contribution in [0.4, 0.5) is 5.69 Å². The molecule has 2 aromatic heterocycles. The summed E-state index contributed by atoms with van der Waals surface area (Å²) in [6.07, 6.45) is 3.80. The third-order valence-corrected chi connectivity index (χ3v) is 3.88. The molecular formula is C19H20N4O2. The number of hydrogen-bond acceptors (Lipinski definition) is 4. The zero-order valence-corrected chi connectivity index (χ0v) is 14.2. The highest BCUT2D eigenvalue weighted by Crippen LogP contribution is 2.18. The van der Waals surface area contributed by atoms with Crippen LogP contribution < -0.4 is 10.1 Å². The summed E-state index contributed by atoms with van der Waals surface area (Å²) in [6.45, 7) is 4.26. The van der Waals surface area contributed by atoms with Crippen LogP contribution in [-0.4, -0.2) is 21.1 Å². The number of carbonyl (C=O) groups excluding carboxylic acids is 1. The van der Waals surface area contributed by atoms with Crippen molar-refractivity contribution in [2.45, 2.75) is 26.9 Å². The molecule has 0 aliphatic rings. The third-order valence-electron chi connectivity index (χ3n) is 3.88. The van der Waals surface area contributed by atoms with Gasteiger partial charge in [-0.2, -0.15) is 5.10 Å². The van der Waals surface area contributed by atoms with Crippen molar-refractivity contribution >= 4 is 11.6 Å². The number of nitrogens with one attached hydrogen (secondary N) is 2. The second-order valence-corrected chi connectivity index (χ2v) is 5.81. The van der Waals surface area contributed by atoms with Crippen LogP contribution in [-0.2, 0) is 17.8 Å². The molecule has 0 unspecified atom stereocenters. The first-order valence-corrected chi connectivity index (χ1v) is 8.04. The van der Waals surface area contributed by atoms with Crippen LogP contribution in [0.25, 0.3) is 0 Å². The quantitative estimate of drug-likeness (QED) is 0.724. The summed E-state index contributed by atoms with van der Waals surface area (Å²) >= 11 is 0. The molecule has 2 N–H and O–H groups in total. The van der Waals surface area contributed by atoms with Crippen LogP contribution >= 0.6 is 0 Å². The number of aromatic amines is 1. The van der Waals surface area contributed by atoms with Crippen molar-refractivity contribution in [2.24, 2.45) is 0 Å². The molecule has 0 fully saturated rings.